The molecule has 128 valence electrons. The third-order valence-corrected chi connectivity index (χ3v) is 7.57. The highest BCUT2D eigenvalue weighted by Crippen LogP contribution is 2.23. The van der Waals surface area contributed by atoms with Crippen LogP contribution in [0.5, 0.6) is 0 Å². The van der Waals surface area contributed by atoms with Gasteiger partial charge in [0.2, 0.25) is 5.09 Å². The van der Waals surface area contributed by atoms with Crippen molar-refractivity contribution in [3.05, 3.63) is 17.9 Å². The van der Waals surface area contributed by atoms with E-state index in [1.807, 2.05) is 0 Å². The van der Waals surface area contributed by atoms with Gasteiger partial charge in [0.05, 0.1) is 11.5 Å². The topological polar surface area (TPSA) is 114 Å². The number of nitrogens with zero attached hydrogens (tertiary/aromatic N) is 1. The Morgan fingerprint density at radius 2 is 1.96 bits per heavy atom. The molecule has 1 N–H and O–H groups in total. The maximum atomic E-state index is 12.3. The molecule has 0 bridgehead atoms. The molecule has 2 aliphatic rings. The molecule has 1 amide bonds. The Morgan fingerprint density at radius 3 is 2.57 bits per heavy atom. The van der Waals surface area contributed by atoms with E-state index in [2.05, 4.69) is 5.32 Å². The standard InChI is InChI=1S/C13H18N2O6S2/c16-13(14-10-5-8-22(17,18)9-10)11-3-4-12(21-11)23(19,20)15-6-1-2-7-15/h3-4,10H,1-2,5-9H2,(H,14,16)/t10-/m1/s1. The van der Waals surface area contributed by atoms with Crippen LogP contribution in [0.2, 0.25) is 0 Å². The predicted molar refractivity (Wildman–Crippen MR) is 81.2 cm³/mol. The molecule has 3 rings (SSSR count). The minimum Gasteiger partial charge on any atom is -0.438 e. The molecule has 8 nitrogen and oxygen atoms in total. The first-order chi connectivity index (χ1) is 10.8. The molecule has 0 spiro atoms. The molecule has 1 atom stereocenters. The summed E-state index contributed by atoms with van der Waals surface area (Å²) in [5.41, 5.74) is 0. The Bertz CT molecular complexity index is 805. The Hall–Kier alpha value is -1.39. The van der Waals surface area contributed by atoms with E-state index >= 15 is 0 Å². The number of carbonyl (C=O) groups is 1. The molecule has 1 aromatic rings. The van der Waals surface area contributed by atoms with Crippen LogP contribution in [0, 0.1) is 0 Å². The van der Waals surface area contributed by atoms with Crippen molar-refractivity contribution in [3.8, 4) is 0 Å². The lowest BCUT2D eigenvalue weighted by Crippen LogP contribution is -2.35. The molecule has 0 radical (unpaired) electrons. The summed E-state index contributed by atoms with van der Waals surface area (Å²) in [7, 11) is -6.81. The third kappa shape index (κ3) is 3.43. The molecule has 2 saturated heterocycles. The minimum atomic E-state index is -3.71. The van der Waals surface area contributed by atoms with E-state index in [4.69, 9.17) is 4.42 Å². The molecule has 0 aromatic carbocycles. The van der Waals surface area contributed by atoms with E-state index in [0.29, 0.717) is 19.5 Å². The lowest BCUT2D eigenvalue weighted by atomic mass is 10.2. The fourth-order valence-electron chi connectivity index (χ4n) is 2.80. The Kier molecular flexibility index (Phi) is 4.23. The lowest BCUT2D eigenvalue weighted by molar-refractivity contribution is 0.0907. The fraction of sp³-hybridized carbons (Fsp3) is 0.615. The highest BCUT2D eigenvalue weighted by molar-refractivity contribution is 7.91. The number of sulfone groups is 1. The van der Waals surface area contributed by atoms with Crippen LogP contribution < -0.4 is 5.32 Å². The van der Waals surface area contributed by atoms with Crippen LogP contribution in [0.1, 0.15) is 29.8 Å². The number of sulfonamides is 1. The number of carbonyl (C=O) groups excluding carboxylic acids is 1. The second-order valence-corrected chi connectivity index (χ2v) is 9.90. The van der Waals surface area contributed by atoms with Gasteiger partial charge >= 0.3 is 0 Å². The molecule has 23 heavy (non-hydrogen) atoms. The predicted octanol–water partition coefficient (Wildman–Crippen LogP) is -0.0190. The van der Waals surface area contributed by atoms with Gasteiger partial charge in [0.1, 0.15) is 0 Å². The monoisotopic (exact) mass is 362 g/mol. The highest BCUT2D eigenvalue weighted by atomic mass is 32.2. The Labute approximate surface area is 134 Å². The van der Waals surface area contributed by atoms with Crippen LogP contribution in [0.15, 0.2) is 21.6 Å². The van der Waals surface area contributed by atoms with Crippen molar-refractivity contribution in [2.45, 2.75) is 30.4 Å². The van der Waals surface area contributed by atoms with Gasteiger partial charge in [0.15, 0.2) is 15.6 Å². The average molecular weight is 362 g/mol. The molecular formula is C13H18N2O6S2. The number of nitrogens with one attached hydrogen (secondary N) is 1. The summed E-state index contributed by atoms with van der Waals surface area (Å²) >= 11 is 0. The van der Waals surface area contributed by atoms with Gasteiger partial charge in [-0.15, -0.1) is 0 Å². The first-order valence-electron chi connectivity index (χ1n) is 7.39. The number of rotatable bonds is 4. The highest BCUT2D eigenvalue weighted by Gasteiger charge is 2.32. The van der Waals surface area contributed by atoms with Gasteiger partial charge in [-0.05, 0) is 31.4 Å². The number of furan rings is 1. The van der Waals surface area contributed by atoms with Crippen molar-refractivity contribution >= 4 is 25.8 Å². The van der Waals surface area contributed by atoms with Gasteiger partial charge < -0.3 is 9.73 Å². The third-order valence-electron chi connectivity index (χ3n) is 4.03. The zero-order valence-corrected chi connectivity index (χ0v) is 14.0. The second-order valence-electron chi connectivity index (χ2n) is 5.80. The van der Waals surface area contributed by atoms with Gasteiger partial charge in [-0.3, -0.25) is 4.79 Å². The quantitative estimate of drug-likeness (QED) is 0.805. The van der Waals surface area contributed by atoms with Crippen molar-refractivity contribution in [1.29, 1.82) is 0 Å². The van der Waals surface area contributed by atoms with E-state index in [1.165, 1.54) is 16.4 Å². The number of hydrogen-bond acceptors (Lipinski definition) is 6. The summed E-state index contributed by atoms with van der Waals surface area (Å²) in [5, 5.41) is 2.30. The number of hydrogen-bond donors (Lipinski definition) is 1. The molecule has 2 aliphatic heterocycles. The van der Waals surface area contributed by atoms with Crippen LogP contribution >= 0.6 is 0 Å². The molecule has 1 aromatic heterocycles. The summed E-state index contributed by atoms with van der Waals surface area (Å²) < 4.78 is 53.9. The molecule has 3 heterocycles. The van der Waals surface area contributed by atoms with Crippen LogP contribution in [0.4, 0.5) is 0 Å². The van der Waals surface area contributed by atoms with Gasteiger partial charge in [0.25, 0.3) is 15.9 Å². The van der Waals surface area contributed by atoms with Crippen LogP contribution in [-0.2, 0) is 19.9 Å². The molecule has 0 aliphatic carbocycles. The van der Waals surface area contributed by atoms with Crippen molar-refractivity contribution in [1.82, 2.24) is 9.62 Å². The molecule has 2 fully saturated rings. The SMILES string of the molecule is O=C(N[C@@H]1CCS(=O)(=O)C1)c1ccc(S(=O)(=O)N2CCCC2)o1. The molecule has 0 unspecified atom stereocenters. The molecule has 0 saturated carbocycles. The first-order valence-corrected chi connectivity index (χ1v) is 10.7. The van der Waals surface area contributed by atoms with Crippen molar-refractivity contribution < 1.29 is 26.0 Å². The molecular weight excluding hydrogens is 344 g/mol. The minimum absolute atomic E-state index is 0.0463. The van der Waals surface area contributed by atoms with E-state index in [9.17, 15) is 21.6 Å². The van der Waals surface area contributed by atoms with E-state index in [1.54, 1.807) is 0 Å². The maximum Gasteiger partial charge on any atom is 0.287 e. The summed E-state index contributed by atoms with van der Waals surface area (Å²) in [6.45, 7) is 0.898. The van der Waals surface area contributed by atoms with Crippen molar-refractivity contribution in [2.24, 2.45) is 0 Å². The normalized spacial score (nSPS) is 24.8. The van der Waals surface area contributed by atoms with Gasteiger partial charge in [0, 0.05) is 19.1 Å². The zero-order valence-electron chi connectivity index (χ0n) is 12.4. The average Bonchev–Trinajstić information content (AvgIpc) is 3.17. The summed E-state index contributed by atoms with van der Waals surface area (Å²) in [5.74, 6) is -0.787. The summed E-state index contributed by atoms with van der Waals surface area (Å²) in [4.78, 5) is 12.1. The Morgan fingerprint density at radius 1 is 1.26 bits per heavy atom. The van der Waals surface area contributed by atoms with Gasteiger partial charge in [-0.1, -0.05) is 0 Å². The van der Waals surface area contributed by atoms with E-state index < -0.39 is 31.8 Å². The van der Waals surface area contributed by atoms with Gasteiger partial charge in [-0.2, -0.15) is 4.31 Å². The first kappa shape index (κ1) is 16.5. The largest absolute Gasteiger partial charge is 0.438 e. The molecule has 10 heteroatoms. The van der Waals surface area contributed by atoms with Crippen molar-refractivity contribution in [3.63, 3.8) is 0 Å². The summed E-state index contributed by atoms with van der Waals surface area (Å²) in [6.07, 6.45) is 1.97. The van der Waals surface area contributed by atoms with Crippen LogP contribution in [0.3, 0.4) is 0 Å². The second kappa shape index (κ2) is 5.91. The number of amides is 1. The van der Waals surface area contributed by atoms with Gasteiger partial charge in [-0.25, -0.2) is 16.8 Å². The maximum absolute atomic E-state index is 12.3. The lowest BCUT2D eigenvalue weighted by Gasteiger charge is -2.13. The van der Waals surface area contributed by atoms with Crippen LogP contribution in [0.25, 0.3) is 0 Å². The smallest absolute Gasteiger partial charge is 0.287 e. The van der Waals surface area contributed by atoms with E-state index in [-0.39, 0.29) is 22.4 Å². The fourth-order valence-corrected chi connectivity index (χ4v) is 5.90. The van der Waals surface area contributed by atoms with E-state index in [0.717, 1.165) is 12.8 Å². The zero-order chi connectivity index (χ0) is 16.7. The van der Waals surface area contributed by atoms with Crippen molar-refractivity contribution in [2.75, 3.05) is 24.6 Å². The summed E-state index contributed by atoms with van der Waals surface area (Å²) in [6, 6.07) is 2.09. The van der Waals surface area contributed by atoms with Crippen LogP contribution in [-0.4, -0.2) is 57.7 Å². The Balaban J connectivity index is 1.70.